The fourth-order valence-corrected chi connectivity index (χ4v) is 2.16. The summed E-state index contributed by atoms with van der Waals surface area (Å²) in [6, 6.07) is 18.1. The van der Waals surface area contributed by atoms with E-state index in [1.807, 2.05) is 42.5 Å². The predicted molar refractivity (Wildman–Crippen MR) is 90.8 cm³/mol. The first-order valence-corrected chi connectivity index (χ1v) is 7.62. The summed E-state index contributed by atoms with van der Waals surface area (Å²) in [7, 11) is 0. The molecule has 1 amide bonds. The quantitative estimate of drug-likeness (QED) is 0.757. The first kappa shape index (κ1) is 14.8. The first-order chi connectivity index (χ1) is 9.74. The molecule has 0 fully saturated rings. The smallest absolute Gasteiger partial charge is 0.239 e. The third-order valence-corrected chi connectivity index (χ3v) is 3.60. The number of hydrogen-bond donors (Lipinski definition) is 2. The molecule has 2 N–H and O–H groups in total. The third kappa shape index (κ3) is 5.21. The average molecular weight is 380 g/mol. The van der Waals surface area contributed by atoms with Crippen LogP contribution in [0.4, 0.5) is 5.69 Å². The van der Waals surface area contributed by atoms with E-state index in [9.17, 15) is 4.79 Å². The Bertz CT molecular complexity index is 540. The summed E-state index contributed by atoms with van der Waals surface area (Å²) in [5.74, 6) is 0.0134. The monoisotopic (exact) mass is 380 g/mol. The van der Waals surface area contributed by atoms with E-state index in [4.69, 9.17) is 0 Å². The van der Waals surface area contributed by atoms with Crippen LogP contribution in [0.15, 0.2) is 54.6 Å². The summed E-state index contributed by atoms with van der Waals surface area (Å²) in [6.07, 6.45) is 0.857. The van der Waals surface area contributed by atoms with Crippen molar-refractivity contribution in [1.29, 1.82) is 0 Å². The minimum Gasteiger partial charge on any atom is -0.376 e. The van der Waals surface area contributed by atoms with E-state index < -0.39 is 0 Å². The van der Waals surface area contributed by atoms with E-state index in [1.165, 1.54) is 9.13 Å². The minimum absolute atomic E-state index is 0.0134. The first-order valence-electron chi connectivity index (χ1n) is 6.54. The number of rotatable bonds is 6. The van der Waals surface area contributed by atoms with E-state index in [1.54, 1.807) is 0 Å². The highest BCUT2D eigenvalue weighted by Gasteiger charge is 2.00. The Balaban J connectivity index is 1.67. The summed E-state index contributed by atoms with van der Waals surface area (Å²) < 4.78 is 1.18. The van der Waals surface area contributed by atoms with Gasteiger partial charge in [-0.05, 0) is 58.8 Å². The highest BCUT2D eigenvalue weighted by atomic mass is 127. The van der Waals surface area contributed by atoms with Crippen molar-refractivity contribution < 1.29 is 4.79 Å². The van der Waals surface area contributed by atoms with E-state index >= 15 is 0 Å². The van der Waals surface area contributed by atoms with Gasteiger partial charge in [0.05, 0.1) is 6.54 Å². The van der Waals surface area contributed by atoms with Crippen LogP contribution in [0.3, 0.4) is 0 Å². The Kier molecular flexibility index (Phi) is 5.86. The highest BCUT2D eigenvalue weighted by Crippen LogP contribution is 2.10. The molecule has 0 unspecified atom stereocenters. The van der Waals surface area contributed by atoms with Gasteiger partial charge >= 0.3 is 0 Å². The fourth-order valence-electron chi connectivity index (χ4n) is 1.80. The maximum absolute atomic E-state index is 11.7. The van der Waals surface area contributed by atoms with Crippen LogP contribution in [0.2, 0.25) is 0 Å². The molecule has 0 saturated carbocycles. The molecular weight excluding hydrogens is 363 g/mol. The molecule has 0 atom stereocenters. The van der Waals surface area contributed by atoms with Crippen molar-refractivity contribution in [1.82, 2.24) is 5.32 Å². The highest BCUT2D eigenvalue weighted by molar-refractivity contribution is 14.1. The van der Waals surface area contributed by atoms with Gasteiger partial charge in [-0.3, -0.25) is 4.79 Å². The molecule has 2 rings (SSSR count). The molecular formula is C16H17IN2O. The number of anilines is 1. The topological polar surface area (TPSA) is 41.1 Å². The van der Waals surface area contributed by atoms with Crippen LogP contribution in [0.1, 0.15) is 5.56 Å². The van der Waals surface area contributed by atoms with Crippen LogP contribution < -0.4 is 10.6 Å². The summed E-state index contributed by atoms with van der Waals surface area (Å²) in [6.45, 7) is 0.965. The molecule has 0 heterocycles. The van der Waals surface area contributed by atoms with Crippen molar-refractivity contribution in [3.05, 3.63) is 63.7 Å². The van der Waals surface area contributed by atoms with Gasteiger partial charge in [0.25, 0.3) is 0 Å². The van der Waals surface area contributed by atoms with E-state index in [0.717, 1.165) is 12.1 Å². The van der Waals surface area contributed by atoms with Crippen LogP contribution in [-0.4, -0.2) is 19.0 Å². The molecule has 0 saturated heterocycles. The Morgan fingerprint density at radius 1 is 1.00 bits per heavy atom. The molecule has 4 heteroatoms. The lowest BCUT2D eigenvalue weighted by Gasteiger charge is -2.08. The standard InChI is InChI=1S/C16H17IN2O/c17-14-6-8-15(9-7-14)19-12-16(20)18-11-10-13-4-2-1-3-5-13/h1-9,19H,10-12H2,(H,18,20). The lowest BCUT2D eigenvalue weighted by Crippen LogP contribution is -2.31. The van der Waals surface area contributed by atoms with E-state index in [0.29, 0.717) is 13.1 Å². The van der Waals surface area contributed by atoms with Gasteiger partial charge in [-0.2, -0.15) is 0 Å². The summed E-state index contributed by atoms with van der Waals surface area (Å²) in [5.41, 5.74) is 2.20. The number of carbonyl (C=O) groups excluding carboxylic acids is 1. The molecule has 104 valence electrons. The summed E-state index contributed by atoms with van der Waals surface area (Å²) in [4.78, 5) is 11.7. The van der Waals surface area contributed by atoms with Crippen molar-refractivity contribution in [2.75, 3.05) is 18.4 Å². The minimum atomic E-state index is 0.0134. The second kappa shape index (κ2) is 7.89. The van der Waals surface area contributed by atoms with Gasteiger partial charge in [0.2, 0.25) is 5.91 Å². The molecule has 2 aromatic carbocycles. The number of nitrogens with one attached hydrogen (secondary N) is 2. The maximum atomic E-state index is 11.7. The van der Waals surface area contributed by atoms with E-state index in [-0.39, 0.29) is 5.91 Å². The SMILES string of the molecule is O=C(CNc1ccc(I)cc1)NCCc1ccccc1. The van der Waals surface area contributed by atoms with Crippen LogP contribution in [0.5, 0.6) is 0 Å². The van der Waals surface area contributed by atoms with Crippen molar-refractivity contribution >= 4 is 34.2 Å². The van der Waals surface area contributed by atoms with Gasteiger partial charge in [-0.25, -0.2) is 0 Å². The molecule has 0 spiro atoms. The van der Waals surface area contributed by atoms with Crippen LogP contribution >= 0.6 is 22.6 Å². The zero-order chi connectivity index (χ0) is 14.2. The second-order valence-electron chi connectivity index (χ2n) is 4.45. The maximum Gasteiger partial charge on any atom is 0.239 e. The Hall–Kier alpha value is -1.56. The lowest BCUT2D eigenvalue weighted by molar-refractivity contribution is -0.119. The van der Waals surface area contributed by atoms with Crippen molar-refractivity contribution in [3.63, 3.8) is 0 Å². The molecule has 0 aromatic heterocycles. The Labute approximate surface area is 132 Å². The molecule has 0 radical (unpaired) electrons. The van der Waals surface area contributed by atoms with Gasteiger partial charge in [0.1, 0.15) is 0 Å². The largest absolute Gasteiger partial charge is 0.376 e. The van der Waals surface area contributed by atoms with Gasteiger partial charge in [-0.1, -0.05) is 30.3 Å². The zero-order valence-electron chi connectivity index (χ0n) is 11.1. The van der Waals surface area contributed by atoms with Crippen molar-refractivity contribution in [2.24, 2.45) is 0 Å². The second-order valence-corrected chi connectivity index (χ2v) is 5.69. The number of benzene rings is 2. The van der Waals surface area contributed by atoms with Crippen LogP contribution in [-0.2, 0) is 11.2 Å². The lowest BCUT2D eigenvalue weighted by atomic mass is 10.1. The predicted octanol–water partition coefficient (Wildman–Crippen LogP) is 3.06. The number of carbonyl (C=O) groups is 1. The van der Waals surface area contributed by atoms with Gasteiger partial charge < -0.3 is 10.6 Å². The van der Waals surface area contributed by atoms with Gasteiger partial charge in [0.15, 0.2) is 0 Å². The molecule has 2 aromatic rings. The molecule has 0 aliphatic heterocycles. The summed E-state index contributed by atoms with van der Waals surface area (Å²) >= 11 is 2.26. The Morgan fingerprint density at radius 2 is 1.70 bits per heavy atom. The van der Waals surface area contributed by atoms with Gasteiger partial charge in [0, 0.05) is 15.8 Å². The molecule has 3 nitrogen and oxygen atoms in total. The number of hydrogen-bond acceptors (Lipinski definition) is 2. The Morgan fingerprint density at radius 3 is 2.40 bits per heavy atom. The molecule has 0 bridgehead atoms. The normalized spacial score (nSPS) is 10.1. The van der Waals surface area contributed by atoms with Crippen molar-refractivity contribution in [2.45, 2.75) is 6.42 Å². The number of amides is 1. The van der Waals surface area contributed by atoms with E-state index in [2.05, 4.69) is 45.4 Å². The summed E-state index contributed by atoms with van der Waals surface area (Å²) in [5, 5.41) is 6.01. The molecule has 0 aliphatic carbocycles. The number of halogens is 1. The average Bonchev–Trinajstić information content (AvgIpc) is 2.48. The van der Waals surface area contributed by atoms with Gasteiger partial charge in [-0.15, -0.1) is 0 Å². The molecule has 0 aliphatic rings. The van der Waals surface area contributed by atoms with Crippen molar-refractivity contribution in [3.8, 4) is 0 Å². The van der Waals surface area contributed by atoms with Crippen LogP contribution in [0.25, 0.3) is 0 Å². The van der Waals surface area contributed by atoms with Crippen LogP contribution in [0, 0.1) is 3.57 Å². The molecule has 20 heavy (non-hydrogen) atoms. The zero-order valence-corrected chi connectivity index (χ0v) is 13.3. The fraction of sp³-hybridized carbons (Fsp3) is 0.188. The third-order valence-electron chi connectivity index (χ3n) is 2.88.